The fraction of sp³-hybridized carbons (Fsp3) is 0.0455. The molecule has 0 aliphatic rings. The van der Waals surface area contributed by atoms with Crippen LogP contribution in [0.1, 0.15) is 26.3 Å². The Kier molecular flexibility index (Phi) is 5.91. The van der Waals surface area contributed by atoms with Crippen LogP contribution in [0.4, 0.5) is 11.4 Å². The van der Waals surface area contributed by atoms with Crippen LogP contribution in [-0.2, 0) is 0 Å². The summed E-state index contributed by atoms with van der Waals surface area (Å²) in [6.07, 6.45) is 0. The number of para-hydroxylation sites is 2. The number of carbonyl (C=O) groups is 2. The molecule has 0 bridgehead atoms. The van der Waals surface area contributed by atoms with E-state index < -0.39 is 22.5 Å². The number of aryl methyl sites for hydroxylation is 1. The molecule has 0 heterocycles. The van der Waals surface area contributed by atoms with Crippen LogP contribution < -0.4 is 10.0 Å². The van der Waals surface area contributed by atoms with E-state index in [-0.39, 0.29) is 11.3 Å². The molecule has 3 rings (SSSR count). The predicted molar refractivity (Wildman–Crippen MR) is 116 cm³/mol. The highest BCUT2D eigenvalue weighted by Crippen LogP contribution is 2.29. The summed E-state index contributed by atoms with van der Waals surface area (Å²) >= 11 is 0. The SMILES string of the molecule is C=S(Nc1ccccc1C(=O)Nc1ccccc1C(=O)O)c1ccc(C)cc1. The molecule has 28 heavy (non-hydrogen) atoms. The summed E-state index contributed by atoms with van der Waals surface area (Å²) in [5.74, 6) is 2.67. The molecule has 0 fully saturated rings. The molecular formula is C22H20N2O3S. The van der Waals surface area contributed by atoms with Gasteiger partial charge in [0.2, 0.25) is 0 Å². The van der Waals surface area contributed by atoms with E-state index in [9.17, 15) is 14.7 Å². The predicted octanol–water partition coefficient (Wildman–Crippen LogP) is 5.03. The summed E-state index contributed by atoms with van der Waals surface area (Å²) in [5, 5.41) is 12.0. The Morgan fingerprint density at radius 1 is 0.857 bits per heavy atom. The number of carbonyl (C=O) groups excluding carboxylic acids is 1. The Morgan fingerprint density at radius 2 is 1.43 bits per heavy atom. The lowest BCUT2D eigenvalue weighted by molar-refractivity contribution is 0.0698. The van der Waals surface area contributed by atoms with Gasteiger partial charge in [-0.05, 0) is 43.3 Å². The Morgan fingerprint density at radius 3 is 2.07 bits per heavy atom. The number of hydrogen-bond acceptors (Lipinski definition) is 3. The number of anilines is 2. The Balaban J connectivity index is 1.84. The van der Waals surface area contributed by atoms with Crippen LogP contribution in [0.15, 0.2) is 77.7 Å². The molecule has 3 aromatic carbocycles. The Hall–Kier alpha value is -3.38. The third kappa shape index (κ3) is 4.47. The van der Waals surface area contributed by atoms with Crippen molar-refractivity contribution in [1.82, 2.24) is 0 Å². The average molecular weight is 392 g/mol. The molecule has 1 atom stereocenters. The number of aromatic carboxylic acids is 1. The van der Waals surface area contributed by atoms with Gasteiger partial charge in [-0.3, -0.25) is 4.79 Å². The molecular weight excluding hydrogens is 372 g/mol. The molecule has 0 saturated heterocycles. The highest BCUT2D eigenvalue weighted by molar-refractivity contribution is 8.15. The van der Waals surface area contributed by atoms with E-state index in [2.05, 4.69) is 15.9 Å². The van der Waals surface area contributed by atoms with Crippen LogP contribution in [0.5, 0.6) is 0 Å². The lowest BCUT2D eigenvalue weighted by Gasteiger charge is -2.15. The smallest absolute Gasteiger partial charge is 0.337 e. The Labute approximate surface area is 166 Å². The molecule has 3 aromatic rings. The van der Waals surface area contributed by atoms with Crippen LogP contribution in [0.2, 0.25) is 0 Å². The zero-order valence-electron chi connectivity index (χ0n) is 15.3. The highest BCUT2D eigenvalue weighted by Gasteiger charge is 2.15. The van der Waals surface area contributed by atoms with E-state index in [1.54, 1.807) is 36.4 Å². The van der Waals surface area contributed by atoms with Gasteiger partial charge in [0.15, 0.2) is 0 Å². The number of rotatable bonds is 6. The minimum absolute atomic E-state index is 0.0397. The van der Waals surface area contributed by atoms with E-state index in [0.717, 1.165) is 10.5 Å². The van der Waals surface area contributed by atoms with Gasteiger partial charge in [-0.1, -0.05) is 58.5 Å². The second-order valence-corrected chi connectivity index (χ2v) is 7.61. The van der Waals surface area contributed by atoms with Gasteiger partial charge < -0.3 is 15.1 Å². The van der Waals surface area contributed by atoms with Crippen molar-refractivity contribution in [3.63, 3.8) is 0 Å². The summed E-state index contributed by atoms with van der Waals surface area (Å²) < 4.78 is 3.29. The normalized spacial score (nSPS) is 11.5. The lowest BCUT2D eigenvalue weighted by atomic mass is 10.1. The summed E-state index contributed by atoms with van der Waals surface area (Å²) in [5.41, 5.74) is 2.50. The zero-order valence-corrected chi connectivity index (χ0v) is 16.1. The number of benzene rings is 3. The van der Waals surface area contributed by atoms with Crippen molar-refractivity contribution < 1.29 is 14.7 Å². The minimum atomic E-state index is -1.10. The van der Waals surface area contributed by atoms with Crippen LogP contribution in [0.25, 0.3) is 0 Å². The average Bonchev–Trinajstić information content (AvgIpc) is 2.69. The summed E-state index contributed by atoms with van der Waals surface area (Å²) in [6.45, 7) is 2.02. The third-order valence-electron chi connectivity index (χ3n) is 4.12. The van der Waals surface area contributed by atoms with Gasteiger partial charge in [-0.15, -0.1) is 0 Å². The van der Waals surface area contributed by atoms with E-state index in [0.29, 0.717) is 11.3 Å². The first-order chi connectivity index (χ1) is 13.5. The van der Waals surface area contributed by atoms with Crippen LogP contribution in [0, 0.1) is 6.92 Å². The maximum absolute atomic E-state index is 12.8. The summed E-state index contributed by atoms with van der Waals surface area (Å²) in [4.78, 5) is 25.2. The number of carboxylic acid groups (broad SMARTS) is 1. The molecule has 6 heteroatoms. The monoisotopic (exact) mass is 392 g/mol. The molecule has 0 aliphatic carbocycles. The second kappa shape index (κ2) is 8.54. The fourth-order valence-electron chi connectivity index (χ4n) is 2.63. The Bertz CT molecular complexity index is 1050. The van der Waals surface area contributed by atoms with Crippen molar-refractivity contribution in [3.05, 3.63) is 89.5 Å². The van der Waals surface area contributed by atoms with Gasteiger partial charge in [0.05, 0.1) is 22.5 Å². The number of carboxylic acids is 1. The van der Waals surface area contributed by atoms with E-state index >= 15 is 0 Å². The molecule has 0 radical (unpaired) electrons. The number of nitrogens with one attached hydrogen (secondary N) is 2. The quantitative estimate of drug-likeness (QED) is 0.514. The second-order valence-electron chi connectivity index (χ2n) is 6.16. The molecule has 5 nitrogen and oxygen atoms in total. The molecule has 142 valence electrons. The lowest BCUT2D eigenvalue weighted by Crippen LogP contribution is -2.16. The van der Waals surface area contributed by atoms with Gasteiger partial charge in [0, 0.05) is 4.90 Å². The standard InChI is InChI=1S/C22H20N2O3S/c1-15-11-13-16(14-12-15)28(2)24-20-10-6-3-7-17(20)21(25)23-19-9-5-4-8-18(19)22(26)27/h3-14,24H,2H2,1H3,(H,23,25)(H,26,27). The first-order valence-electron chi connectivity index (χ1n) is 8.55. The highest BCUT2D eigenvalue weighted by atomic mass is 32.2. The van der Waals surface area contributed by atoms with Crippen molar-refractivity contribution >= 4 is 39.8 Å². The van der Waals surface area contributed by atoms with Crippen molar-refractivity contribution in [2.24, 2.45) is 0 Å². The third-order valence-corrected chi connectivity index (χ3v) is 5.42. The van der Waals surface area contributed by atoms with Crippen molar-refractivity contribution in [2.75, 3.05) is 10.0 Å². The number of hydrogen-bond donors (Lipinski definition) is 3. The van der Waals surface area contributed by atoms with Crippen LogP contribution in [-0.4, -0.2) is 22.9 Å². The molecule has 1 amide bonds. The maximum atomic E-state index is 12.8. The van der Waals surface area contributed by atoms with Crippen LogP contribution >= 0.6 is 10.7 Å². The molecule has 1 unspecified atom stereocenters. The topological polar surface area (TPSA) is 78.4 Å². The molecule has 0 aromatic heterocycles. The first kappa shape index (κ1) is 19.4. The largest absolute Gasteiger partial charge is 0.478 e. The maximum Gasteiger partial charge on any atom is 0.337 e. The van der Waals surface area contributed by atoms with Gasteiger partial charge >= 0.3 is 5.97 Å². The molecule has 0 saturated carbocycles. The molecule has 0 aliphatic heterocycles. The summed E-state index contributed by atoms with van der Waals surface area (Å²) in [7, 11) is -0.552. The van der Waals surface area contributed by atoms with E-state index in [4.69, 9.17) is 0 Å². The van der Waals surface area contributed by atoms with Gasteiger partial charge in [0.25, 0.3) is 5.91 Å². The van der Waals surface area contributed by atoms with Crippen LogP contribution in [0.3, 0.4) is 0 Å². The summed E-state index contributed by atoms with van der Waals surface area (Å²) in [6, 6.07) is 21.4. The van der Waals surface area contributed by atoms with Crippen molar-refractivity contribution in [3.8, 4) is 0 Å². The van der Waals surface area contributed by atoms with Gasteiger partial charge in [0.1, 0.15) is 0 Å². The zero-order chi connectivity index (χ0) is 20.1. The van der Waals surface area contributed by atoms with E-state index in [1.165, 1.54) is 6.07 Å². The molecule has 3 N–H and O–H groups in total. The van der Waals surface area contributed by atoms with E-state index in [1.807, 2.05) is 37.3 Å². The first-order valence-corrected chi connectivity index (χ1v) is 9.95. The fourth-order valence-corrected chi connectivity index (χ4v) is 3.66. The number of amides is 1. The van der Waals surface area contributed by atoms with Gasteiger partial charge in [-0.2, -0.15) is 0 Å². The van der Waals surface area contributed by atoms with Crippen molar-refractivity contribution in [2.45, 2.75) is 11.8 Å². The minimum Gasteiger partial charge on any atom is -0.478 e. The van der Waals surface area contributed by atoms with Gasteiger partial charge in [-0.25, -0.2) is 4.79 Å². The molecule has 0 spiro atoms. The van der Waals surface area contributed by atoms with Crippen molar-refractivity contribution in [1.29, 1.82) is 0 Å².